The lowest BCUT2D eigenvalue weighted by molar-refractivity contribution is -0.402. The van der Waals surface area contributed by atoms with Crippen molar-refractivity contribution in [3.63, 3.8) is 0 Å². The summed E-state index contributed by atoms with van der Waals surface area (Å²) < 4.78 is 10.1. The second kappa shape index (κ2) is 8.70. The fourth-order valence-electron chi connectivity index (χ4n) is 3.05. The highest BCUT2D eigenvalue weighted by Crippen LogP contribution is 2.38. The Morgan fingerprint density at radius 3 is 2.83 bits per heavy atom. The number of thiophene rings is 1. The molecule has 1 N–H and O–H groups in total. The molecule has 0 saturated heterocycles. The average molecular weight is 415 g/mol. The fraction of sp³-hybridized carbons (Fsp3) is 0.316. The Morgan fingerprint density at radius 1 is 1.41 bits per heavy atom. The van der Waals surface area contributed by atoms with Gasteiger partial charge in [-0.2, -0.15) is 5.26 Å². The number of furan rings is 1. The number of nitrogens with zero attached hydrogens (tertiary/aromatic N) is 2. The Balaban J connectivity index is 1.89. The van der Waals surface area contributed by atoms with Gasteiger partial charge in [-0.3, -0.25) is 14.9 Å². The largest absolute Gasteiger partial charge is 0.462 e. The van der Waals surface area contributed by atoms with Gasteiger partial charge < -0.3 is 14.5 Å². The molecule has 29 heavy (non-hydrogen) atoms. The number of fused-ring (bicyclic) bond motifs is 1. The monoisotopic (exact) mass is 415 g/mol. The molecule has 0 atom stereocenters. The number of nitro groups is 1. The Bertz CT molecular complexity index is 1040. The molecular formula is C19H17N3O6S. The van der Waals surface area contributed by atoms with Crippen LogP contribution in [0.3, 0.4) is 0 Å². The van der Waals surface area contributed by atoms with Gasteiger partial charge in [0.1, 0.15) is 27.3 Å². The van der Waals surface area contributed by atoms with E-state index in [1.165, 1.54) is 17.4 Å². The molecule has 0 spiro atoms. The Kier molecular flexibility index (Phi) is 6.09. The highest BCUT2D eigenvalue weighted by atomic mass is 32.1. The van der Waals surface area contributed by atoms with E-state index in [2.05, 4.69) is 5.32 Å². The van der Waals surface area contributed by atoms with Crippen molar-refractivity contribution in [2.24, 2.45) is 0 Å². The maximum absolute atomic E-state index is 12.6. The summed E-state index contributed by atoms with van der Waals surface area (Å²) in [6, 6.07) is 4.17. The number of esters is 1. The number of hydrogen-bond acceptors (Lipinski definition) is 8. The summed E-state index contributed by atoms with van der Waals surface area (Å²) in [7, 11) is 0. The first-order chi connectivity index (χ1) is 13.9. The zero-order valence-electron chi connectivity index (χ0n) is 15.5. The minimum Gasteiger partial charge on any atom is -0.462 e. The van der Waals surface area contributed by atoms with Crippen molar-refractivity contribution < 1.29 is 23.7 Å². The molecule has 3 rings (SSSR count). The SMILES string of the molecule is CCOC(=O)c1c(NC(=O)C(C#N)=Cc2ccc([N+](=O)[O-])o2)sc2c1CCCC2. The molecule has 2 heterocycles. The number of anilines is 1. The highest BCUT2D eigenvalue weighted by Gasteiger charge is 2.28. The van der Waals surface area contributed by atoms with E-state index in [0.717, 1.165) is 48.3 Å². The van der Waals surface area contributed by atoms with Gasteiger partial charge >= 0.3 is 11.9 Å². The molecule has 150 valence electrons. The van der Waals surface area contributed by atoms with Crippen molar-refractivity contribution in [3.8, 4) is 6.07 Å². The predicted molar refractivity (Wildman–Crippen MR) is 104 cm³/mol. The minimum absolute atomic E-state index is 0.000472. The van der Waals surface area contributed by atoms with E-state index in [9.17, 15) is 25.0 Å². The van der Waals surface area contributed by atoms with Gasteiger partial charge in [-0.1, -0.05) is 0 Å². The molecule has 9 nitrogen and oxygen atoms in total. The Hall–Kier alpha value is -3.45. The van der Waals surface area contributed by atoms with E-state index < -0.39 is 22.7 Å². The third-order valence-electron chi connectivity index (χ3n) is 4.32. The van der Waals surface area contributed by atoms with Crippen LogP contribution in [0.4, 0.5) is 10.9 Å². The summed E-state index contributed by atoms with van der Waals surface area (Å²) in [5.41, 5.74) is 0.917. The lowest BCUT2D eigenvalue weighted by Crippen LogP contribution is -2.16. The van der Waals surface area contributed by atoms with Crippen LogP contribution in [0.1, 0.15) is 46.3 Å². The van der Waals surface area contributed by atoms with Gasteiger partial charge in [0.15, 0.2) is 0 Å². The molecule has 2 aromatic rings. The normalized spacial score (nSPS) is 13.3. The first kappa shape index (κ1) is 20.3. The van der Waals surface area contributed by atoms with Crippen LogP contribution in [0.15, 0.2) is 22.1 Å². The molecule has 1 amide bonds. The number of amides is 1. The second-order valence-electron chi connectivity index (χ2n) is 6.19. The molecule has 0 unspecified atom stereocenters. The van der Waals surface area contributed by atoms with Gasteiger partial charge in [-0.25, -0.2) is 4.79 Å². The van der Waals surface area contributed by atoms with Crippen molar-refractivity contribution in [2.75, 3.05) is 11.9 Å². The van der Waals surface area contributed by atoms with Crippen LogP contribution in [-0.4, -0.2) is 23.4 Å². The van der Waals surface area contributed by atoms with Crippen LogP contribution < -0.4 is 5.32 Å². The Morgan fingerprint density at radius 2 is 2.17 bits per heavy atom. The third-order valence-corrected chi connectivity index (χ3v) is 5.53. The predicted octanol–water partition coefficient (Wildman–Crippen LogP) is 3.85. The second-order valence-corrected chi connectivity index (χ2v) is 7.30. The molecule has 1 aliphatic rings. The first-order valence-electron chi connectivity index (χ1n) is 8.93. The van der Waals surface area contributed by atoms with Crippen molar-refractivity contribution >= 4 is 40.2 Å². The van der Waals surface area contributed by atoms with E-state index in [-0.39, 0.29) is 17.9 Å². The summed E-state index contributed by atoms with van der Waals surface area (Å²) >= 11 is 1.30. The van der Waals surface area contributed by atoms with E-state index in [1.54, 1.807) is 13.0 Å². The molecular weight excluding hydrogens is 398 g/mol. The van der Waals surface area contributed by atoms with E-state index in [1.807, 2.05) is 0 Å². The summed E-state index contributed by atoms with van der Waals surface area (Å²) in [4.78, 5) is 36.1. The summed E-state index contributed by atoms with van der Waals surface area (Å²) in [5.74, 6) is -1.74. The van der Waals surface area contributed by atoms with Crippen LogP contribution in [-0.2, 0) is 22.4 Å². The number of carbonyl (C=O) groups excluding carboxylic acids is 2. The van der Waals surface area contributed by atoms with Crippen LogP contribution in [0.2, 0.25) is 0 Å². The van der Waals surface area contributed by atoms with Gasteiger partial charge in [-0.05, 0) is 44.2 Å². The van der Waals surface area contributed by atoms with E-state index in [0.29, 0.717) is 10.6 Å². The molecule has 0 fully saturated rings. The smallest absolute Gasteiger partial charge is 0.433 e. The summed E-state index contributed by atoms with van der Waals surface area (Å²) in [6.07, 6.45) is 4.61. The number of ether oxygens (including phenoxy) is 1. The maximum atomic E-state index is 12.6. The number of nitriles is 1. The molecule has 0 saturated carbocycles. The van der Waals surface area contributed by atoms with Gasteiger partial charge in [0.2, 0.25) is 0 Å². The van der Waals surface area contributed by atoms with Crippen LogP contribution in [0, 0.1) is 21.4 Å². The number of aryl methyl sites for hydroxylation is 1. The lowest BCUT2D eigenvalue weighted by atomic mass is 9.95. The molecule has 2 aromatic heterocycles. The van der Waals surface area contributed by atoms with Crippen LogP contribution >= 0.6 is 11.3 Å². The molecule has 0 aromatic carbocycles. The minimum atomic E-state index is -0.740. The van der Waals surface area contributed by atoms with Crippen molar-refractivity contribution in [2.45, 2.75) is 32.6 Å². The van der Waals surface area contributed by atoms with Gasteiger partial charge in [-0.15, -0.1) is 11.3 Å². The Labute approximate surface area is 169 Å². The standard InChI is InChI=1S/C19H17N3O6S/c1-2-27-19(24)16-13-5-3-4-6-14(13)29-18(16)21-17(23)11(10-20)9-12-7-8-15(28-12)22(25)26/h7-9H,2-6H2,1H3,(H,21,23). The van der Waals surface area contributed by atoms with Crippen molar-refractivity contribution in [3.05, 3.63) is 49.6 Å². The maximum Gasteiger partial charge on any atom is 0.433 e. The molecule has 10 heteroatoms. The topological polar surface area (TPSA) is 135 Å². The lowest BCUT2D eigenvalue weighted by Gasteiger charge is -2.12. The first-order valence-corrected chi connectivity index (χ1v) is 9.75. The summed E-state index contributed by atoms with van der Waals surface area (Å²) in [5, 5.41) is 23.0. The number of rotatable bonds is 6. The van der Waals surface area contributed by atoms with E-state index >= 15 is 0 Å². The molecule has 0 aliphatic heterocycles. The highest BCUT2D eigenvalue weighted by molar-refractivity contribution is 7.17. The van der Waals surface area contributed by atoms with Crippen molar-refractivity contribution in [1.29, 1.82) is 5.26 Å². The van der Waals surface area contributed by atoms with E-state index in [4.69, 9.17) is 9.15 Å². The quantitative estimate of drug-likeness (QED) is 0.249. The van der Waals surface area contributed by atoms with Crippen molar-refractivity contribution in [1.82, 2.24) is 0 Å². The number of nitrogens with one attached hydrogen (secondary N) is 1. The summed E-state index contributed by atoms with van der Waals surface area (Å²) in [6.45, 7) is 1.91. The molecule has 0 radical (unpaired) electrons. The molecule has 1 aliphatic carbocycles. The number of hydrogen-bond donors (Lipinski definition) is 1. The van der Waals surface area contributed by atoms with Crippen LogP contribution in [0.5, 0.6) is 0 Å². The zero-order chi connectivity index (χ0) is 21.0. The molecule has 0 bridgehead atoms. The third kappa shape index (κ3) is 4.35. The van der Waals surface area contributed by atoms with Gasteiger partial charge in [0, 0.05) is 11.0 Å². The average Bonchev–Trinajstić information content (AvgIpc) is 3.30. The van der Waals surface area contributed by atoms with Gasteiger partial charge in [0.05, 0.1) is 18.2 Å². The van der Waals surface area contributed by atoms with Gasteiger partial charge in [0.25, 0.3) is 5.91 Å². The fourth-order valence-corrected chi connectivity index (χ4v) is 4.32. The van der Waals surface area contributed by atoms with Crippen LogP contribution in [0.25, 0.3) is 6.08 Å². The zero-order valence-corrected chi connectivity index (χ0v) is 16.3. The number of carbonyl (C=O) groups is 2.